The lowest BCUT2D eigenvalue weighted by Gasteiger charge is -2.34. The van der Waals surface area contributed by atoms with E-state index in [0.717, 1.165) is 43.0 Å². The molecule has 2 N–H and O–H groups in total. The highest BCUT2D eigenvalue weighted by molar-refractivity contribution is 5.76. The van der Waals surface area contributed by atoms with E-state index in [1.165, 1.54) is 0 Å². The number of amides is 1. The summed E-state index contributed by atoms with van der Waals surface area (Å²) < 4.78 is 1.85. The molecule has 2 heterocycles. The maximum atomic E-state index is 12.3. The average molecular weight is 336 g/mol. The van der Waals surface area contributed by atoms with Crippen LogP contribution in [-0.4, -0.2) is 51.4 Å². The van der Waals surface area contributed by atoms with Crippen LogP contribution in [0.5, 0.6) is 0 Å². The summed E-state index contributed by atoms with van der Waals surface area (Å²) in [5.74, 6) is 1.26. The van der Waals surface area contributed by atoms with E-state index >= 15 is 0 Å². The lowest BCUT2D eigenvalue weighted by Crippen LogP contribution is -2.43. The molecule has 2 rings (SSSR count). The third-order valence-corrected chi connectivity index (χ3v) is 4.61. The first kappa shape index (κ1) is 18.8. The molecule has 0 aliphatic carbocycles. The summed E-state index contributed by atoms with van der Waals surface area (Å²) in [6.45, 7) is 12.5. The van der Waals surface area contributed by atoms with Crippen molar-refractivity contribution in [2.75, 3.05) is 25.0 Å². The summed E-state index contributed by atoms with van der Waals surface area (Å²) >= 11 is 0. The molecule has 6 heteroatoms. The third kappa shape index (κ3) is 4.72. The van der Waals surface area contributed by atoms with Crippen molar-refractivity contribution in [1.82, 2.24) is 14.7 Å². The van der Waals surface area contributed by atoms with Gasteiger partial charge in [0.25, 0.3) is 0 Å². The van der Waals surface area contributed by atoms with E-state index in [9.17, 15) is 9.90 Å². The fourth-order valence-corrected chi connectivity index (χ4v) is 3.14. The van der Waals surface area contributed by atoms with E-state index in [2.05, 4.69) is 38.1 Å². The predicted molar refractivity (Wildman–Crippen MR) is 96.1 cm³/mol. The Kier molecular flexibility index (Phi) is 5.91. The molecule has 0 bridgehead atoms. The number of piperidine rings is 1. The Morgan fingerprint density at radius 3 is 2.46 bits per heavy atom. The summed E-state index contributed by atoms with van der Waals surface area (Å²) in [6, 6.07) is 0.343. The van der Waals surface area contributed by atoms with Gasteiger partial charge in [0.1, 0.15) is 5.82 Å². The first-order valence-electron chi connectivity index (χ1n) is 8.90. The highest BCUT2D eigenvalue weighted by Crippen LogP contribution is 2.24. The molecular weight excluding hydrogens is 304 g/mol. The molecule has 1 fully saturated rings. The van der Waals surface area contributed by atoms with Crippen LogP contribution in [0.3, 0.4) is 0 Å². The van der Waals surface area contributed by atoms with Gasteiger partial charge in [0.15, 0.2) is 0 Å². The van der Waals surface area contributed by atoms with Gasteiger partial charge < -0.3 is 15.3 Å². The van der Waals surface area contributed by atoms with Gasteiger partial charge in [-0.2, -0.15) is 5.10 Å². The molecule has 1 amide bonds. The van der Waals surface area contributed by atoms with Crippen LogP contribution in [0.2, 0.25) is 0 Å². The first-order chi connectivity index (χ1) is 11.2. The Bertz CT molecular complexity index is 566. The largest absolute Gasteiger partial charge is 0.394 e. The molecule has 1 aromatic rings. The maximum absolute atomic E-state index is 12.3. The Hall–Kier alpha value is -1.56. The van der Waals surface area contributed by atoms with Gasteiger partial charge in [-0.25, -0.2) is 4.68 Å². The van der Waals surface area contributed by atoms with E-state index in [4.69, 9.17) is 0 Å². The SMILES string of the molecule is Cc1nn(CCO)c(NC2CCN(C(=O)CC(C)(C)C)CC2)c1C. The monoisotopic (exact) mass is 336 g/mol. The molecule has 1 saturated heterocycles. The molecule has 24 heavy (non-hydrogen) atoms. The van der Waals surface area contributed by atoms with E-state index < -0.39 is 0 Å². The van der Waals surface area contributed by atoms with Gasteiger partial charge in [0, 0.05) is 31.1 Å². The summed E-state index contributed by atoms with van der Waals surface area (Å²) in [4.78, 5) is 14.3. The number of rotatable bonds is 5. The fourth-order valence-electron chi connectivity index (χ4n) is 3.14. The molecular formula is C18H32N4O2. The van der Waals surface area contributed by atoms with Gasteiger partial charge in [-0.15, -0.1) is 0 Å². The van der Waals surface area contributed by atoms with Crippen molar-refractivity contribution in [3.05, 3.63) is 11.3 Å². The molecule has 1 aliphatic rings. The number of likely N-dealkylation sites (tertiary alicyclic amines) is 1. The van der Waals surface area contributed by atoms with Crippen LogP contribution < -0.4 is 5.32 Å². The molecule has 6 nitrogen and oxygen atoms in total. The maximum Gasteiger partial charge on any atom is 0.223 e. The van der Waals surface area contributed by atoms with Crippen molar-refractivity contribution in [2.45, 2.75) is 66.5 Å². The van der Waals surface area contributed by atoms with Crippen LogP contribution in [0, 0.1) is 19.3 Å². The summed E-state index contributed by atoms with van der Waals surface area (Å²) in [6.07, 6.45) is 2.49. The van der Waals surface area contributed by atoms with Crippen molar-refractivity contribution < 1.29 is 9.90 Å². The lowest BCUT2D eigenvalue weighted by atomic mass is 9.91. The number of aliphatic hydroxyl groups excluding tert-OH is 1. The first-order valence-corrected chi connectivity index (χ1v) is 8.90. The Morgan fingerprint density at radius 1 is 1.29 bits per heavy atom. The number of anilines is 1. The van der Waals surface area contributed by atoms with Crippen LogP contribution in [0.15, 0.2) is 0 Å². The fraction of sp³-hybridized carbons (Fsp3) is 0.778. The highest BCUT2D eigenvalue weighted by Gasteiger charge is 2.26. The summed E-state index contributed by atoms with van der Waals surface area (Å²) in [5.41, 5.74) is 2.16. The van der Waals surface area contributed by atoms with Crippen molar-refractivity contribution in [2.24, 2.45) is 5.41 Å². The molecule has 1 aromatic heterocycles. The third-order valence-electron chi connectivity index (χ3n) is 4.61. The van der Waals surface area contributed by atoms with Crippen LogP contribution >= 0.6 is 0 Å². The highest BCUT2D eigenvalue weighted by atomic mass is 16.3. The number of aryl methyl sites for hydroxylation is 1. The van der Waals surface area contributed by atoms with Crippen LogP contribution in [-0.2, 0) is 11.3 Å². The number of nitrogens with one attached hydrogen (secondary N) is 1. The number of nitrogens with zero attached hydrogens (tertiary/aromatic N) is 3. The number of aliphatic hydroxyl groups is 1. The van der Waals surface area contributed by atoms with Crippen LogP contribution in [0.25, 0.3) is 0 Å². The molecule has 1 aliphatic heterocycles. The zero-order chi connectivity index (χ0) is 17.9. The Balaban J connectivity index is 1.93. The second-order valence-electron chi connectivity index (χ2n) is 8.04. The van der Waals surface area contributed by atoms with Gasteiger partial charge in [-0.3, -0.25) is 4.79 Å². The molecule has 0 atom stereocenters. The number of carbonyl (C=O) groups excluding carboxylic acids is 1. The Morgan fingerprint density at radius 2 is 1.92 bits per heavy atom. The van der Waals surface area contributed by atoms with Gasteiger partial charge in [0.2, 0.25) is 5.91 Å². The summed E-state index contributed by atoms with van der Waals surface area (Å²) in [5, 5.41) is 17.3. The number of hydrogen-bond donors (Lipinski definition) is 2. The molecule has 0 unspecified atom stereocenters. The molecule has 136 valence electrons. The second-order valence-corrected chi connectivity index (χ2v) is 8.04. The molecule has 0 saturated carbocycles. The minimum absolute atomic E-state index is 0.0393. The standard InChI is InChI=1S/C18H32N4O2/c1-13-14(2)20-22(10-11-23)17(13)19-15-6-8-21(9-7-15)16(24)12-18(3,4)5/h15,19,23H,6-12H2,1-5H3. The smallest absolute Gasteiger partial charge is 0.223 e. The van der Waals surface area contributed by atoms with E-state index in [-0.39, 0.29) is 17.9 Å². The average Bonchev–Trinajstić information content (AvgIpc) is 2.74. The minimum Gasteiger partial charge on any atom is -0.394 e. The van der Waals surface area contributed by atoms with Gasteiger partial charge in [0.05, 0.1) is 18.8 Å². The van der Waals surface area contributed by atoms with Gasteiger partial charge in [-0.05, 0) is 32.1 Å². The van der Waals surface area contributed by atoms with E-state index in [0.29, 0.717) is 19.0 Å². The van der Waals surface area contributed by atoms with Gasteiger partial charge in [-0.1, -0.05) is 20.8 Å². The quantitative estimate of drug-likeness (QED) is 0.866. The predicted octanol–water partition coefficient (Wildman–Crippen LogP) is 2.33. The Labute approximate surface area is 145 Å². The summed E-state index contributed by atoms with van der Waals surface area (Å²) in [7, 11) is 0. The number of aromatic nitrogens is 2. The molecule has 0 spiro atoms. The molecule has 0 radical (unpaired) electrons. The van der Waals surface area contributed by atoms with Crippen molar-refractivity contribution in [1.29, 1.82) is 0 Å². The van der Waals surface area contributed by atoms with E-state index in [1.54, 1.807) is 0 Å². The molecule has 0 aromatic carbocycles. The number of hydrogen-bond acceptors (Lipinski definition) is 4. The minimum atomic E-state index is 0.0393. The zero-order valence-electron chi connectivity index (χ0n) is 15.7. The van der Waals surface area contributed by atoms with E-state index in [1.807, 2.05) is 16.5 Å². The normalized spacial score (nSPS) is 16.5. The number of carbonyl (C=O) groups is 1. The zero-order valence-corrected chi connectivity index (χ0v) is 15.7. The second kappa shape index (κ2) is 7.55. The van der Waals surface area contributed by atoms with Crippen molar-refractivity contribution >= 4 is 11.7 Å². The van der Waals surface area contributed by atoms with Gasteiger partial charge >= 0.3 is 0 Å². The topological polar surface area (TPSA) is 70.4 Å². The van der Waals surface area contributed by atoms with Crippen molar-refractivity contribution in [3.63, 3.8) is 0 Å². The lowest BCUT2D eigenvalue weighted by molar-refractivity contribution is -0.134. The van der Waals surface area contributed by atoms with Crippen LogP contribution in [0.4, 0.5) is 5.82 Å². The van der Waals surface area contributed by atoms with Crippen LogP contribution in [0.1, 0.15) is 51.3 Å². The van der Waals surface area contributed by atoms with Crippen molar-refractivity contribution in [3.8, 4) is 0 Å².